The Labute approximate surface area is 112 Å². The Balaban J connectivity index is 2.85. The predicted molar refractivity (Wildman–Crippen MR) is 74.9 cm³/mol. The van der Waals surface area contributed by atoms with Crippen molar-refractivity contribution in [3.05, 3.63) is 23.8 Å². The molecule has 0 atom stereocenters. The summed E-state index contributed by atoms with van der Waals surface area (Å²) in [5.74, 6) is 2.90. The molecule has 4 nitrogen and oxygen atoms in total. The molecule has 0 amide bonds. The molecule has 0 spiro atoms. The van der Waals surface area contributed by atoms with Crippen molar-refractivity contribution in [1.29, 1.82) is 0 Å². The Kier molecular flexibility index (Phi) is 3.69. The summed E-state index contributed by atoms with van der Waals surface area (Å²) in [5, 5.41) is 1.99. The summed E-state index contributed by atoms with van der Waals surface area (Å²) in [7, 11) is 6.53. The summed E-state index contributed by atoms with van der Waals surface area (Å²) < 4.78 is 21.5. The molecule has 2 rings (SSSR count). The summed E-state index contributed by atoms with van der Waals surface area (Å²) in [6.45, 7) is 2.01. The van der Waals surface area contributed by atoms with Crippen LogP contribution in [0, 0.1) is 6.92 Å². The zero-order valence-corrected chi connectivity index (χ0v) is 11.9. The molecule has 0 aromatic heterocycles. The third-order valence-corrected chi connectivity index (χ3v) is 3.26. The smallest absolute Gasteiger partial charge is 0.161 e. The van der Waals surface area contributed by atoms with Crippen LogP contribution < -0.4 is 18.9 Å². The molecule has 0 fully saturated rings. The van der Waals surface area contributed by atoms with E-state index in [4.69, 9.17) is 18.9 Å². The maximum atomic E-state index is 5.42. The fourth-order valence-corrected chi connectivity index (χ4v) is 2.21. The second-order valence-electron chi connectivity index (χ2n) is 4.16. The van der Waals surface area contributed by atoms with Crippen molar-refractivity contribution in [2.24, 2.45) is 0 Å². The number of methoxy groups -OCH3 is 4. The Bertz CT molecular complexity index is 605. The molecule has 2 aromatic rings. The van der Waals surface area contributed by atoms with E-state index in [2.05, 4.69) is 0 Å². The first kappa shape index (κ1) is 13.3. The molecule has 0 bridgehead atoms. The summed E-state index contributed by atoms with van der Waals surface area (Å²) in [6, 6.07) is 5.73. The van der Waals surface area contributed by atoms with Crippen molar-refractivity contribution in [3.8, 4) is 23.0 Å². The maximum Gasteiger partial charge on any atom is 0.161 e. The van der Waals surface area contributed by atoms with Gasteiger partial charge in [0.25, 0.3) is 0 Å². The maximum absolute atomic E-state index is 5.42. The number of rotatable bonds is 4. The van der Waals surface area contributed by atoms with Crippen LogP contribution in [0.2, 0.25) is 0 Å². The Hall–Kier alpha value is -2.10. The first-order valence-corrected chi connectivity index (χ1v) is 5.93. The summed E-state index contributed by atoms with van der Waals surface area (Å²) >= 11 is 0. The van der Waals surface area contributed by atoms with Crippen molar-refractivity contribution >= 4 is 10.8 Å². The molecule has 0 saturated carbocycles. The minimum absolute atomic E-state index is 0.679. The SMILES string of the molecule is COc1cc2c(OC)cc(OC)c(C)c2cc1OC. The largest absolute Gasteiger partial charge is 0.496 e. The Morgan fingerprint density at radius 1 is 0.579 bits per heavy atom. The quantitative estimate of drug-likeness (QED) is 0.848. The van der Waals surface area contributed by atoms with Crippen LogP contribution >= 0.6 is 0 Å². The number of aryl methyl sites for hydroxylation is 1. The first-order chi connectivity index (χ1) is 9.15. The van der Waals surface area contributed by atoms with Crippen LogP contribution in [0.25, 0.3) is 10.8 Å². The zero-order chi connectivity index (χ0) is 14.0. The van der Waals surface area contributed by atoms with E-state index >= 15 is 0 Å². The van der Waals surface area contributed by atoms with E-state index in [1.807, 2.05) is 25.1 Å². The summed E-state index contributed by atoms with van der Waals surface area (Å²) in [5.41, 5.74) is 1.04. The van der Waals surface area contributed by atoms with Crippen LogP contribution in [-0.2, 0) is 0 Å². The van der Waals surface area contributed by atoms with Gasteiger partial charge in [-0.3, -0.25) is 0 Å². The van der Waals surface area contributed by atoms with Crippen molar-refractivity contribution < 1.29 is 18.9 Å². The van der Waals surface area contributed by atoms with E-state index in [1.165, 1.54) is 0 Å². The van der Waals surface area contributed by atoms with E-state index in [-0.39, 0.29) is 0 Å². The third-order valence-electron chi connectivity index (χ3n) is 3.26. The number of fused-ring (bicyclic) bond motifs is 1. The van der Waals surface area contributed by atoms with E-state index in [9.17, 15) is 0 Å². The molecule has 0 saturated heterocycles. The van der Waals surface area contributed by atoms with E-state index < -0.39 is 0 Å². The minimum atomic E-state index is 0.679. The van der Waals surface area contributed by atoms with Crippen molar-refractivity contribution in [1.82, 2.24) is 0 Å². The minimum Gasteiger partial charge on any atom is -0.496 e. The number of hydrogen-bond donors (Lipinski definition) is 0. The van der Waals surface area contributed by atoms with Crippen LogP contribution in [0.15, 0.2) is 18.2 Å². The topological polar surface area (TPSA) is 36.9 Å². The van der Waals surface area contributed by atoms with Crippen LogP contribution in [0.4, 0.5) is 0 Å². The molecule has 0 heterocycles. The molecule has 102 valence electrons. The lowest BCUT2D eigenvalue weighted by molar-refractivity contribution is 0.355. The lowest BCUT2D eigenvalue weighted by atomic mass is 10.0. The monoisotopic (exact) mass is 262 g/mol. The second kappa shape index (κ2) is 5.26. The second-order valence-corrected chi connectivity index (χ2v) is 4.16. The van der Waals surface area contributed by atoms with Crippen LogP contribution in [-0.4, -0.2) is 28.4 Å². The van der Waals surface area contributed by atoms with Gasteiger partial charge in [-0.1, -0.05) is 0 Å². The van der Waals surface area contributed by atoms with Gasteiger partial charge < -0.3 is 18.9 Å². The highest BCUT2D eigenvalue weighted by Gasteiger charge is 2.14. The van der Waals surface area contributed by atoms with Gasteiger partial charge in [0.1, 0.15) is 11.5 Å². The van der Waals surface area contributed by atoms with E-state index in [0.29, 0.717) is 11.5 Å². The normalized spacial score (nSPS) is 10.4. The van der Waals surface area contributed by atoms with Crippen molar-refractivity contribution in [3.63, 3.8) is 0 Å². The molecule has 2 aromatic carbocycles. The molecular formula is C15H18O4. The molecule has 0 aliphatic carbocycles. The first-order valence-electron chi connectivity index (χ1n) is 5.93. The fourth-order valence-electron chi connectivity index (χ4n) is 2.21. The highest BCUT2D eigenvalue weighted by molar-refractivity contribution is 5.95. The molecule has 0 aliphatic rings. The lowest BCUT2D eigenvalue weighted by Gasteiger charge is -2.15. The lowest BCUT2D eigenvalue weighted by Crippen LogP contribution is -1.95. The molecule has 0 aliphatic heterocycles. The zero-order valence-electron chi connectivity index (χ0n) is 11.9. The molecule has 0 unspecified atom stereocenters. The van der Waals surface area contributed by atoms with Crippen LogP contribution in [0.3, 0.4) is 0 Å². The molecule has 19 heavy (non-hydrogen) atoms. The fraction of sp³-hybridized carbons (Fsp3) is 0.333. The molecule has 0 radical (unpaired) electrons. The van der Waals surface area contributed by atoms with Gasteiger partial charge in [0.15, 0.2) is 11.5 Å². The molecular weight excluding hydrogens is 244 g/mol. The van der Waals surface area contributed by atoms with Crippen LogP contribution in [0.5, 0.6) is 23.0 Å². The van der Waals surface area contributed by atoms with Gasteiger partial charge in [-0.2, -0.15) is 0 Å². The Morgan fingerprint density at radius 2 is 1.05 bits per heavy atom. The summed E-state index contributed by atoms with van der Waals surface area (Å²) in [6.07, 6.45) is 0. The van der Waals surface area contributed by atoms with E-state index in [1.54, 1.807) is 28.4 Å². The highest BCUT2D eigenvalue weighted by atomic mass is 16.5. The summed E-state index contributed by atoms with van der Waals surface area (Å²) in [4.78, 5) is 0. The van der Waals surface area contributed by atoms with Crippen molar-refractivity contribution in [2.45, 2.75) is 6.92 Å². The van der Waals surface area contributed by atoms with Gasteiger partial charge in [-0.05, 0) is 30.0 Å². The van der Waals surface area contributed by atoms with Gasteiger partial charge in [0, 0.05) is 11.5 Å². The standard InChI is InChI=1S/C15H18O4/c1-9-10-6-14(18-4)15(19-5)7-11(10)13(17-3)8-12(9)16-2/h6-8H,1-5H3. The van der Waals surface area contributed by atoms with Gasteiger partial charge >= 0.3 is 0 Å². The Morgan fingerprint density at radius 3 is 1.53 bits per heavy atom. The highest BCUT2D eigenvalue weighted by Crippen LogP contribution is 2.41. The van der Waals surface area contributed by atoms with E-state index in [0.717, 1.165) is 27.8 Å². The number of hydrogen-bond acceptors (Lipinski definition) is 4. The number of ether oxygens (including phenoxy) is 4. The van der Waals surface area contributed by atoms with Gasteiger partial charge in [-0.15, -0.1) is 0 Å². The average Bonchev–Trinajstić information content (AvgIpc) is 2.46. The van der Waals surface area contributed by atoms with Gasteiger partial charge in [0.05, 0.1) is 28.4 Å². The molecule has 4 heteroatoms. The average molecular weight is 262 g/mol. The van der Waals surface area contributed by atoms with Crippen LogP contribution in [0.1, 0.15) is 5.56 Å². The van der Waals surface area contributed by atoms with Gasteiger partial charge in [0.2, 0.25) is 0 Å². The van der Waals surface area contributed by atoms with Gasteiger partial charge in [-0.25, -0.2) is 0 Å². The number of benzene rings is 2. The van der Waals surface area contributed by atoms with Crippen molar-refractivity contribution in [2.75, 3.05) is 28.4 Å². The molecule has 0 N–H and O–H groups in total. The predicted octanol–water partition coefficient (Wildman–Crippen LogP) is 3.18. The third kappa shape index (κ3) is 2.14.